The smallest absolute Gasteiger partial charge is 0.269 e. The third-order valence-electron chi connectivity index (χ3n) is 9.87. The second-order valence-electron chi connectivity index (χ2n) is 14.6. The fraction of sp³-hybridized carbons (Fsp3) is 0.297. The molecule has 4 aliphatic carbocycles. The minimum absolute atomic E-state index is 0.0311. The Morgan fingerprint density at radius 3 is 1.45 bits per heavy atom. The van der Waals surface area contributed by atoms with Gasteiger partial charge in [-0.3, -0.25) is 20.2 Å². The molecular weight excluding hydrogens is 596 g/mol. The quantitative estimate of drug-likeness (QED) is 0.161. The Kier molecular flexibility index (Phi) is 5.77. The number of hydrogen-bond acceptors (Lipinski definition) is 8. The average molecular weight is 629 g/mol. The van der Waals surface area contributed by atoms with Crippen LogP contribution in [0.3, 0.4) is 0 Å². The molecule has 0 atom stereocenters. The second kappa shape index (κ2) is 9.34. The van der Waals surface area contributed by atoms with Crippen molar-refractivity contribution in [3.05, 3.63) is 114 Å². The van der Waals surface area contributed by atoms with E-state index in [9.17, 15) is 20.2 Å². The summed E-state index contributed by atoms with van der Waals surface area (Å²) in [5, 5.41) is 22.6. The fourth-order valence-electron chi connectivity index (χ4n) is 8.26. The molecule has 2 aromatic carbocycles. The summed E-state index contributed by atoms with van der Waals surface area (Å²) in [4.78, 5) is 31.8. The molecule has 0 saturated carbocycles. The van der Waals surface area contributed by atoms with Gasteiger partial charge in [0.15, 0.2) is 11.5 Å². The molecule has 0 aliphatic heterocycles. The number of oxazole rings is 2. The second-order valence-corrected chi connectivity index (χ2v) is 14.6. The van der Waals surface area contributed by atoms with Gasteiger partial charge in [-0.25, -0.2) is 9.97 Å². The van der Waals surface area contributed by atoms with E-state index >= 15 is 0 Å². The molecule has 4 aliphatic rings. The van der Waals surface area contributed by atoms with Gasteiger partial charge in [-0.1, -0.05) is 39.8 Å². The van der Waals surface area contributed by atoms with Crippen LogP contribution >= 0.6 is 0 Å². The Bertz CT molecular complexity index is 2080. The van der Waals surface area contributed by atoms with Gasteiger partial charge in [-0.15, -0.1) is 0 Å². The van der Waals surface area contributed by atoms with Gasteiger partial charge in [0.05, 0.1) is 9.85 Å². The third kappa shape index (κ3) is 4.31. The van der Waals surface area contributed by atoms with Crippen molar-refractivity contribution < 1.29 is 18.7 Å². The zero-order valence-electron chi connectivity index (χ0n) is 26.9. The van der Waals surface area contributed by atoms with Crippen LogP contribution in [0.25, 0.3) is 46.2 Å². The van der Waals surface area contributed by atoms with Crippen molar-refractivity contribution in [1.82, 2.24) is 9.97 Å². The molecule has 0 fully saturated rings. The van der Waals surface area contributed by atoms with Crippen LogP contribution in [0.5, 0.6) is 0 Å². The molecule has 0 radical (unpaired) electrons. The van der Waals surface area contributed by atoms with Crippen LogP contribution < -0.4 is 0 Å². The molecule has 236 valence electrons. The van der Waals surface area contributed by atoms with Crippen LogP contribution in [0, 0.1) is 50.3 Å². The van der Waals surface area contributed by atoms with Crippen molar-refractivity contribution in [2.45, 2.75) is 54.4 Å². The lowest BCUT2D eigenvalue weighted by atomic mass is 9.51. The zero-order chi connectivity index (χ0) is 33.2. The molecule has 0 amide bonds. The Hall–Kier alpha value is -5.38. The van der Waals surface area contributed by atoms with E-state index in [1.807, 2.05) is 13.8 Å². The first-order chi connectivity index (χ1) is 22.1. The first-order valence-electron chi connectivity index (χ1n) is 15.6. The molecule has 2 aromatic heterocycles. The molecule has 8 rings (SSSR count). The molecule has 1 spiro atoms. The molecule has 0 unspecified atom stereocenters. The number of aryl methyl sites for hydroxylation is 2. The van der Waals surface area contributed by atoms with E-state index in [0.29, 0.717) is 23.3 Å². The predicted octanol–water partition coefficient (Wildman–Crippen LogP) is 9.54. The lowest BCUT2D eigenvalue weighted by Crippen LogP contribution is -2.40. The van der Waals surface area contributed by atoms with Crippen molar-refractivity contribution in [3.8, 4) is 22.9 Å². The van der Waals surface area contributed by atoms with Crippen LogP contribution in [0.4, 0.5) is 11.4 Å². The number of benzene rings is 2. The molecule has 10 heteroatoms. The van der Waals surface area contributed by atoms with E-state index < -0.39 is 9.85 Å². The number of hydrogen-bond donors (Lipinski definition) is 0. The highest BCUT2D eigenvalue weighted by atomic mass is 16.6. The van der Waals surface area contributed by atoms with E-state index in [-0.39, 0.29) is 27.6 Å². The molecule has 0 N–H and O–H groups in total. The van der Waals surface area contributed by atoms with Crippen molar-refractivity contribution >= 4 is 34.7 Å². The highest BCUT2D eigenvalue weighted by Gasteiger charge is 2.55. The monoisotopic (exact) mass is 628 g/mol. The molecule has 0 saturated heterocycles. The maximum absolute atomic E-state index is 11.3. The minimum Gasteiger partial charge on any atom is -0.436 e. The molecule has 0 bridgehead atoms. The highest BCUT2D eigenvalue weighted by molar-refractivity contribution is 6.01. The van der Waals surface area contributed by atoms with Crippen molar-refractivity contribution in [2.75, 3.05) is 0 Å². The number of nitro groups is 2. The molecule has 4 aromatic rings. The van der Waals surface area contributed by atoms with E-state index in [1.54, 1.807) is 24.3 Å². The van der Waals surface area contributed by atoms with E-state index in [4.69, 9.17) is 18.8 Å². The third-order valence-corrected chi connectivity index (χ3v) is 9.87. The SMILES string of the molecule is Cc1cc([N+](=O)[O-])ccc1-c1nc2c(o1)C=C1C2=CC(C)(C)CC12CC(C)(C)C=C1C2=Cc2oc(-c3ccc([N+](=O)[O-])cc3C)nc21. The summed E-state index contributed by atoms with van der Waals surface area (Å²) in [5.74, 6) is 2.26. The highest BCUT2D eigenvalue weighted by Crippen LogP contribution is 2.67. The van der Waals surface area contributed by atoms with Crippen LogP contribution in [-0.2, 0) is 0 Å². The number of fused-ring (bicyclic) bond motifs is 8. The number of allylic oxidation sites excluding steroid dienone is 6. The predicted molar refractivity (Wildman–Crippen MR) is 178 cm³/mol. The zero-order valence-corrected chi connectivity index (χ0v) is 26.9. The van der Waals surface area contributed by atoms with Gasteiger partial charge < -0.3 is 8.83 Å². The summed E-state index contributed by atoms with van der Waals surface area (Å²) in [7, 11) is 0. The number of rotatable bonds is 4. The summed E-state index contributed by atoms with van der Waals surface area (Å²) in [5.41, 5.74) is 8.30. The van der Waals surface area contributed by atoms with Crippen LogP contribution in [0.15, 0.2) is 68.5 Å². The van der Waals surface area contributed by atoms with Crippen molar-refractivity contribution in [2.24, 2.45) is 16.2 Å². The van der Waals surface area contributed by atoms with Crippen molar-refractivity contribution in [1.29, 1.82) is 0 Å². The number of non-ortho nitro benzene ring substituents is 2. The number of nitro benzene ring substituents is 2. The van der Waals surface area contributed by atoms with Crippen LogP contribution in [0.2, 0.25) is 0 Å². The standard InChI is InChI=1S/C37H32N4O6/c1-19-11-21(40(42)43)7-9-23(19)33-38-31-25-15-35(3,4)17-37(27(25)13-29(31)46-33)18-36(5,6)16-26-28(37)14-30-32(26)39-34(47-30)24-10-8-22(41(44)45)12-20(24)2/h7-16H,17-18H2,1-6H3. The minimum atomic E-state index is -0.402. The summed E-state index contributed by atoms with van der Waals surface area (Å²) >= 11 is 0. The van der Waals surface area contributed by atoms with Gasteiger partial charge in [-0.2, -0.15) is 0 Å². The molecule has 2 heterocycles. The first-order valence-corrected chi connectivity index (χ1v) is 15.6. The van der Waals surface area contributed by atoms with Crippen LogP contribution in [-0.4, -0.2) is 19.8 Å². The maximum Gasteiger partial charge on any atom is 0.269 e. The van der Waals surface area contributed by atoms with E-state index in [0.717, 1.165) is 57.6 Å². The summed E-state index contributed by atoms with van der Waals surface area (Å²) in [6, 6.07) is 9.44. The number of nitrogens with zero attached hydrogens (tertiary/aromatic N) is 4. The Morgan fingerprint density at radius 2 is 1.09 bits per heavy atom. The maximum atomic E-state index is 11.3. The van der Waals surface area contributed by atoms with Crippen molar-refractivity contribution in [3.63, 3.8) is 0 Å². The van der Waals surface area contributed by atoms with Gasteiger partial charge in [0.2, 0.25) is 11.8 Å². The normalized spacial score (nSPS) is 19.2. The lowest BCUT2D eigenvalue weighted by Gasteiger charge is -2.51. The largest absolute Gasteiger partial charge is 0.436 e. The number of aromatic nitrogens is 2. The summed E-state index contributed by atoms with van der Waals surface area (Å²) < 4.78 is 12.8. The summed E-state index contributed by atoms with van der Waals surface area (Å²) in [6.45, 7) is 12.7. The molecule has 10 nitrogen and oxygen atoms in total. The van der Waals surface area contributed by atoms with Crippen LogP contribution in [0.1, 0.15) is 74.6 Å². The topological polar surface area (TPSA) is 138 Å². The van der Waals surface area contributed by atoms with Gasteiger partial charge >= 0.3 is 0 Å². The van der Waals surface area contributed by atoms with Gasteiger partial charge in [0.1, 0.15) is 11.4 Å². The Labute approximate surface area is 270 Å². The molecular formula is C37H32N4O6. The first kappa shape index (κ1) is 29.1. The van der Waals surface area contributed by atoms with E-state index in [1.165, 1.54) is 23.3 Å². The Balaban J connectivity index is 1.24. The van der Waals surface area contributed by atoms with Gasteiger partial charge in [-0.05, 0) is 84.1 Å². The van der Waals surface area contributed by atoms with Gasteiger partial charge in [0.25, 0.3) is 11.4 Å². The molecule has 47 heavy (non-hydrogen) atoms. The Morgan fingerprint density at radius 1 is 0.681 bits per heavy atom. The fourth-order valence-corrected chi connectivity index (χ4v) is 8.26. The van der Waals surface area contributed by atoms with E-state index in [2.05, 4.69) is 52.0 Å². The summed E-state index contributed by atoms with van der Waals surface area (Å²) in [6.07, 6.45) is 10.6. The van der Waals surface area contributed by atoms with Gasteiger partial charge in [0, 0.05) is 52.0 Å². The average Bonchev–Trinajstić information content (AvgIpc) is 3.73. The lowest BCUT2D eigenvalue weighted by molar-refractivity contribution is -0.385.